The molecule has 2 heterocycles. The van der Waals surface area contributed by atoms with Crippen molar-refractivity contribution in [3.8, 4) is 11.3 Å². The first kappa shape index (κ1) is 14.7. The highest BCUT2D eigenvalue weighted by molar-refractivity contribution is 7.98. The second kappa shape index (κ2) is 6.72. The Morgan fingerprint density at radius 2 is 1.86 bits per heavy atom. The SMILES string of the molecule is CSc1ccc(-c2csc(NC(=O)c3ccncc3)n2)cc1. The van der Waals surface area contributed by atoms with E-state index in [1.165, 1.54) is 16.2 Å². The lowest BCUT2D eigenvalue weighted by atomic mass is 10.2. The predicted molar refractivity (Wildman–Crippen MR) is 91.5 cm³/mol. The van der Waals surface area contributed by atoms with Crippen molar-refractivity contribution in [2.75, 3.05) is 11.6 Å². The number of rotatable bonds is 4. The van der Waals surface area contributed by atoms with Gasteiger partial charge in [-0.2, -0.15) is 0 Å². The number of nitrogens with one attached hydrogen (secondary N) is 1. The van der Waals surface area contributed by atoms with Crippen molar-refractivity contribution in [1.82, 2.24) is 9.97 Å². The highest BCUT2D eigenvalue weighted by Crippen LogP contribution is 2.26. The summed E-state index contributed by atoms with van der Waals surface area (Å²) in [7, 11) is 0. The smallest absolute Gasteiger partial charge is 0.257 e. The number of thiazole rings is 1. The third-order valence-electron chi connectivity index (χ3n) is 3.05. The Hall–Kier alpha value is -2.18. The standard InChI is InChI=1S/C16H13N3OS2/c1-21-13-4-2-11(3-5-13)14-10-22-16(18-14)19-15(20)12-6-8-17-9-7-12/h2-10H,1H3,(H,18,19,20). The average Bonchev–Trinajstić information content (AvgIpc) is 3.04. The van der Waals surface area contributed by atoms with Crippen molar-refractivity contribution in [2.45, 2.75) is 4.90 Å². The van der Waals surface area contributed by atoms with Crippen LogP contribution in [0.4, 0.5) is 5.13 Å². The second-order valence-corrected chi connectivity index (χ2v) is 6.19. The molecular formula is C16H13N3OS2. The van der Waals surface area contributed by atoms with Gasteiger partial charge in [0.05, 0.1) is 5.69 Å². The highest BCUT2D eigenvalue weighted by Gasteiger charge is 2.09. The maximum atomic E-state index is 12.1. The lowest BCUT2D eigenvalue weighted by molar-refractivity contribution is 0.102. The number of aromatic nitrogens is 2. The molecule has 22 heavy (non-hydrogen) atoms. The number of hydrogen-bond donors (Lipinski definition) is 1. The fourth-order valence-electron chi connectivity index (χ4n) is 1.90. The number of carbonyl (C=O) groups excluding carboxylic acids is 1. The number of anilines is 1. The summed E-state index contributed by atoms with van der Waals surface area (Å²) < 4.78 is 0. The van der Waals surface area contributed by atoms with Crippen molar-refractivity contribution in [3.63, 3.8) is 0 Å². The first-order valence-electron chi connectivity index (χ1n) is 6.57. The van der Waals surface area contributed by atoms with Crippen molar-refractivity contribution >= 4 is 34.1 Å². The molecule has 0 unspecified atom stereocenters. The molecule has 110 valence electrons. The van der Waals surface area contributed by atoms with Gasteiger partial charge in [-0.1, -0.05) is 12.1 Å². The topological polar surface area (TPSA) is 54.9 Å². The molecule has 1 amide bonds. The van der Waals surface area contributed by atoms with E-state index < -0.39 is 0 Å². The van der Waals surface area contributed by atoms with Crippen LogP contribution >= 0.6 is 23.1 Å². The predicted octanol–water partition coefficient (Wildman–Crippen LogP) is 4.18. The zero-order chi connectivity index (χ0) is 15.4. The molecule has 0 saturated heterocycles. The van der Waals surface area contributed by atoms with Crippen LogP contribution in [0, 0.1) is 0 Å². The van der Waals surface area contributed by atoms with Crippen LogP contribution in [0.15, 0.2) is 59.1 Å². The Kier molecular flexibility index (Phi) is 4.50. The van der Waals surface area contributed by atoms with Crippen LogP contribution in [0.25, 0.3) is 11.3 Å². The van der Waals surface area contributed by atoms with Gasteiger partial charge < -0.3 is 0 Å². The maximum Gasteiger partial charge on any atom is 0.257 e. The summed E-state index contributed by atoms with van der Waals surface area (Å²) in [4.78, 5) is 21.6. The quantitative estimate of drug-likeness (QED) is 0.730. The van der Waals surface area contributed by atoms with Gasteiger partial charge in [0.25, 0.3) is 5.91 Å². The van der Waals surface area contributed by atoms with E-state index in [0.717, 1.165) is 11.3 Å². The molecule has 1 N–H and O–H groups in total. The van der Waals surface area contributed by atoms with Gasteiger partial charge in [-0.25, -0.2) is 4.98 Å². The van der Waals surface area contributed by atoms with E-state index in [-0.39, 0.29) is 5.91 Å². The molecule has 4 nitrogen and oxygen atoms in total. The number of hydrogen-bond acceptors (Lipinski definition) is 5. The molecule has 0 spiro atoms. The van der Waals surface area contributed by atoms with Gasteiger partial charge >= 0.3 is 0 Å². The van der Waals surface area contributed by atoms with Gasteiger partial charge in [-0.15, -0.1) is 23.1 Å². The third-order valence-corrected chi connectivity index (χ3v) is 4.55. The number of amides is 1. The van der Waals surface area contributed by atoms with E-state index in [4.69, 9.17) is 0 Å². The lowest BCUT2D eigenvalue weighted by Crippen LogP contribution is -2.11. The molecule has 0 fully saturated rings. The number of thioether (sulfide) groups is 1. The van der Waals surface area contributed by atoms with Crippen LogP contribution in [0.5, 0.6) is 0 Å². The number of carbonyl (C=O) groups is 1. The average molecular weight is 327 g/mol. The van der Waals surface area contributed by atoms with Gasteiger partial charge in [-0.05, 0) is 30.5 Å². The molecule has 0 atom stereocenters. The normalized spacial score (nSPS) is 10.4. The Balaban J connectivity index is 1.74. The van der Waals surface area contributed by atoms with E-state index >= 15 is 0 Å². The van der Waals surface area contributed by atoms with Crippen LogP contribution in [-0.4, -0.2) is 22.1 Å². The minimum absolute atomic E-state index is 0.180. The van der Waals surface area contributed by atoms with Crippen molar-refractivity contribution in [2.24, 2.45) is 0 Å². The Labute approximate surface area is 136 Å². The molecule has 0 aliphatic carbocycles. The number of pyridine rings is 1. The summed E-state index contributed by atoms with van der Waals surface area (Å²) in [5.41, 5.74) is 2.47. The van der Waals surface area contributed by atoms with Gasteiger partial charge in [0.15, 0.2) is 5.13 Å². The molecule has 0 radical (unpaired) electrons. The molecule has 0 bridgehead atoms. The molecule has 0 aliphatic heterocycles. The van der Waals surface area contributed by atoms with Crippen molar-refractivity contribution < 1.29 is 4.79 Å². The van der Waals surface area contributed by atoms with Crippen LogP contribution < -0.4 is 5.32 Å². The van der Waals surface area contributed by atoms with Crippen molar-refractivity contribution in [1.29, 1.82) is 0 Å². The first-order valence-corrected chi connectivity index (χ1v) is 8.68. The first-order chi connectivity index (χ1) is 10.8. The fraction of sp³-hybridized carbons (Fsp3) is 0.0625. The van der Waals surface area contributed by atoms with Gasteiger partial charge in [0.2, 0.25) is 0 Å². The van der Waals surface area contributed by atoms with E-state index in [9.17, 15) is 4.79 Å². The summed E-state index contributed by atoms with van der Waals surface area (Å²) in [5.74, 6) is -0.180. The van der Waals surface area contributed by atoms with Crippen LogP contribution in [0.1, 0.15) is 10.4 Å². The Morgan fingerprint density at radius 3 is 2.55 bits per heavy atom. The van der Waals surface area contributed by atoms with Gasteiger partial charge in [0.1, 0.15) is 0 Å². The lowest BCUT2D eigenvalue weighted by Gasteiger charge is -2.01. The fourth-order valence-corrected chi connectivity index (χ4v) is 3.02. The Bertz CT molecular complexity index is 770. The summed E-state index contributed by atoms with van der Waals surface area (Å²) >= 11 is 3.12. The zero-order valence-electron chi connectivity index (χ0n) is 11.8. The van der Waals surface area contributed by atoms with Gasteiger partial charge in [0, 0.05) is 33.8 Å². The molecule has 3 aromatic rings. The molecule has 2 aromatic heterocycles. The highest BCUT2D eigenvalue weighted by atomic mass is 32.2. The van der Waals surface area contributed by atoms with E-state index in [2.05, 4.69) is 27.4 Å². The molecule has 6 heteroatoms. The van der Waals surface area contributed by atoms with Crippen LogP contribution in [0.2, 0.25) is 0 Å². The number of benzene rings is 1. The molecular weight excluding hydrogens is 314 g/mol. The Morgan fingerprint density at radius 1 is 1.14 bits per heavy atom. The maximum absolute atomic E-state index is 12.1. The second-order valence-electron chi connectivity index (χ2n) is 4.46. The van der Waals surface area contributed by atoms with Crippen LogP contribution in [-0.2, 0) is 0 Å². The zero-order valence-corrected chi connectivity index (χ0v) is 13.4. The van der Waals surface area contributed by atoms with E-state index in [1.807, 2.05) is 23.8 Å². The summed E-state index contributed by atoms with van der Waals surface area (Å²) in [6, 6.07) is 11.5. The molecule has 3 rings (SSSR count). The summed E-state index contributed by atoms with van der Waals surface area (Å²) in [6.45, 7) is 0. The molecule has 0 saturated carbocycles. The van der Waals surface area contributed by atoms with Crippen LogP contribution in [0.3, 0.4) is 0 Å². The largest absolute Gasteiger partial charge is 0.298 e. The molecule has 1 aromatic carbocycles. The number of nitrogens with zero attached hydrogens (tertiary/aromatic N) is 2. The third kappa shape index (κ3) is 3.35. The summed E-state index contributed by atoms with van der Waals surface area (Å²) in [6.07, 6.45) is 5.23. The van der Waals surface area contributed by atoms with Crippen molar-refractivity contribution in [3.05, 3.63) is 59.7 Å². The van der Waals surface area contributed by atoms with E-state index in [1.54, 1.807) is 36.3 Å². The summed E-state index contributed by atoms with van der Waals surface area (Å²) in [5, 5.41) is 5.34. The minimum atomic E-state index is -0.180. The van der Waals surface area contributed by atoms with E-state index in [0.29, 0.717) is 10.7 Å². The minimum Gasteiger partial charge on any atom is -0.298 e. The molecule has 0 aliphatic rings. The van der Waals surface area contributed by atoms with Gasteiger partial charge in [-0.3, -0.25) is 15.1 Å². The monoisotopic (exact) mass is 327 g/mol.